The maximum absolute atomic E-state index is 4.55. The lowest BCUT2D eigenvalue weighted by atomic mass is 10.2. The van der Waals surface area contributed by atoms with E-state index < -0.39 is 0 Å². The van der Waals surface area contributed by atoms with Gasteiger partial charge in [-0.1, -0.05) is 6.07 Å². The molecule has 2 aromatic rings. The fraction of sp³-hybridized carbons (Fsp3) is 0.300. The van der Waals surface area contributed by atoms with Crippen molar-refractivity contribution in [3.05, 3.63) is 35.8 Å². The molecule has 1 aliphatic heterocycles. The van der Waals surface area contributed by atoms with Crippen LogP contribution in [0.1, 0.15) is 11.4 Å². The van der Waals surface area contributed by atoms with Gasteiger partial charge in [-0.05, 0) is 12.1 Å². The summed E-state index contributed by atoms with van der Waals surface area (Å²) in [7, 11) is 0. The highest BCUT2D eigenvalue weighted by Gasteiger charge is 2.14. The van der Waals surface area contributed by atoms with E-state index in [0.29, 0.717) is 0 Å². The largest absolute Gasteiger partial charge is 0.311 e. The number of hydrogen-bond acceptors (Lipinski definition) is 2. The van der Waals surface area contributed by atoms with Crippen molar-refractivity contribution in [3.63, 3.8) is 0 Å². The third-order valence-corrected chi connectivity index (χ3v) is 2.54. The van der Waals surface area contributed by atoms with Crippen LogP contribution in [-0.2, 0) is 13.0 Å². The molecule has 66 valence electrons. The minimum absolute atomic E-state index is 0.914. The number of aromatic nitrogens is 2. The molecule has 0 atom stereocenters. The Morgan fingerprint density at radius 1 is 1.38 bits per heavy atom. The second-order valence-corrected chi connectivity index (χ2v) is 3.36. The van der Waals surface area contributed by atoms with E-state index >= 15 is 0 Å². The summed E-state index contributed by atoms with van der Waals surface area (Å²) in [5.41, 5.74) is 3.64. The lowest BCUT2D eigenvalue weighted by Gasteiger charge is -2.11. The average molecular weight is 173 g/mol. The Kier molecular flexibility index (Phi) is 1.40. The topological polar surface area (TPSA) is 29.3 Å². The molecule has 0 unspecified atom stereocenters. The zero-order chi connectivity index (χ0) is 8.67. The van der Waals surface area contributed by atoms with Gasteiger partial charge in [-0.15, -0.1) is 0 Å². The lowest BCUT2D eigenvalue weighted by molar-refractivity contribution is 0.622. The van der Waals surface area contributed by atoms with Crippen molar-refractivity contribution in [2.75, 3.05) is 6.54 Å². The van der Waals surface area contributed by atoms with E-state index in [2.05, 4.69) is 33.0 Å². The second kappa shape index (κ2) is 2.57. The molecule has 3 heterocycles. The van der Waals surface area contributed by atoms with Gasteiger partial charge in [0.25, 0.3) is 0 Å². The van der Waals surface area contributed by atoms with Crippen LogP contribution in [0.3, 0.4) is 0 Å². The molecule has 0 spiro atoms. The molecule has 0 fully saturated rings. The van der Waals surface area contributed by atoms with E-state index in [-0.39, 0.29) is 0 Å². The first-order chi connectivity index (χ1) is 6.45. The zero-order valence-electron chi connectivity index (χ0n) is 7.33. The molecular weight excluding hydrogens is 162 g/mol. The molecule has 3 heteroatoms. The first-order valence-electron chi connectivity index (χ1n) is 4.61. The highest BCUT2D eigenvalue weighted by atomic mass is 15.1. The van der Waals surface area contributed by atoms with Crippen molar-refractivity contribution in [2.45, 2.75) is 13.0 Å². The third kappa shape index (κ3) is 0.971. The van der Waals surface area contributed by atoms with Gasteiger partial charge in [-0.2, -0.15) is 0 Å². The van der Waals surface area contributed by atoms with E-state index in [1.165, 1.54) is 11.4 Å². The summed E-state index contributed by atoms with van der Waals surface area (Å²) in [6.45, 7) is 1.98. The Bertz CT molecular complexity index is 444. The molecule has 2 aromatic heterocycles. The van der Waals surface area contributed by atoms with Gasteiger partial charge in [0.1, 0.15) is 5.65 Å². The summed E-state index contributed by atoms with van der Waals surface area (Å²) < 4.78 is 2.19. The monoisotopic (exact) mass is 173 g/mol. The predicted octanol–water partition coefficient (Wildman–Crippen LogP) is 0.980. The molecule has 13 heavy (non-hydrogen) atoms. The van der Waals surface area contributed by atoms with Gasteiger partial charge >= 0.3 is 0 Å². The van der Waals surface area contributed by atoms with Gasteiger partial charge in [0, 0.05) is 31.4 Å². The predicted molar refractivity (Wildman–Crippen MR) is 50.6 cm³/mol. The Labute approximate surface area is 76.4 Å². The van der Waals surface area contributed by atoms with Crippen LogP contribution in [0.2, 0.25) is 0 Å². The molecule has 3 nitrogen and oxygen atoms in total. The highest BCUT2D eigenvalue weighted by Crippen LogP contribution is 2.15. The second-order valence-electron chi connectivity index (χ2n) is 3.36. The number of nitrogens with one attached hydrogen (secondary N) is 1. The first kappa shape index (κ1) is 7.09. The smallest absolute Gasteiger partial charge is 0.137 e. The van der Waals surface area contributed by atoms with Crippen molar-refractivity contribution in [1.82, 2.24) is 14.7 Å². The molecule has 1 aliphatic rings. The minimum Gasteiger partial charge on any atom is -0.311 e. The van der Waals surface area contributed by atoms with Crippen LogP contribution < -0.4 is 5.32 Å². The van der Waals surface area contributed by atoms with Gasteiger partial charge in [0.2, 0.25) is 0 Å². The van der Waals surface area contributed by atoms with Gasteiger partial charge in [0.15, 0.2) is 0 Å². The zero-order valence-corrected chi connectivity index (χ0v) is 7.33. The fourth-order valence-corrected chi connectivity index (χ4v) is 1.92. The molecule has 0 bridgehead atoms. The number of fused-ring (bicyclic) bond motifs is 3. The summed E-state index contributed by atoms with van der Waals surface area (Å²) in [5, 5.41) is 3.33. The van der Waals surface area contributed by atoms with Crippen LogP contribution in [0.15, 0.2) is 24.4 Å². The lowest BCUT2D eigenvalue weighted by Crippen LogP contribution is -2.24. The van der Waals surface area contributed by atoms with Crippen LogP contribution in [0, 0.1) is 0 Å². The maximum Gasteiger partial charge on any atom is 0.137 e. The summed E-state index contributed by atoms with van der Waals surface area (Å²) in [6.07, 6.45) is 3.17. The fourth-order valence-electron chi connectivity index (χ4n) is 1.92. The summed E-state index contributed by atoms with van der Waals surface area (Å²) in [6, 6.07) is 6.14. The highest BCUT2D eigenvalue weighted by molar-refractivity contribution is 5.43. The number of imidazole rings is 1. The van der Waals surface area contributed by atoms with Crippen molar-refractivity contribution >= 4 is 5.65 Å². The van der Waals surface area contributed by atoms with Crippen molar-refractivity contribution in [3.8, 4) is 0 Å². The van der Waals surface area contributed by atoms with Crippen LogP contribution in [0.5, 0.6) is 0 Å². The Hall–Kier alpha value is -1.35. The van der Waals surface area contributed by atoms with Gasteiger partial charge in [0.05, 0.1) is 5.69 Å². The Balaban J connectivity index is 2.34. The number of hydrogen-bond donors (Lipinski definition) is 1. The van der Waals surface area contributed by atoms with Gasteiger partial charge in [-0.3, -0.25) is 0 Å². The third-order valence-electron chi connectivity index (χ3n) is 2.54. The molecule has 0 saturated carbocycles. The first-order valence-corrected chi connectivity index (χ1v) is 4.61. The van der Waals surface area contributed by atoms with Gasteiger partial charge in [-0.25, -0.2) is 4.98 Å². The molecule has 0 saturated heterocycles. The quantitative estimate of drug-likeness (QED) is 0.643. The van der Waals surface area contributed by atoms with Crippen molar-refractivity contribution in [1.29, 1.82) is 0 Å². The summed E-state index contributed by atoms with van der Waals surface area (Å²) in [5.74, 6) is 0. The average Bonchev–Trinajstić information content (AvgIpc) is 2.56. The number of nitrogens with zero attached hydrogens (tertiary/aromatic N) is 2. The normalized spacial score (nSPS) is 16.0. The minimum atomic E-state index is 0.914. The molecule has 3 rings (SSSR count). The standard InChI is InChI=1S/C10H11N3/c1-2-6-13-9-4-5-11-7-8(9)12-10(13)3-1/h1-3,6,11H,4-5,7H2. The van der Waals surface area contributed by atoms with E-state index in [1.54, 1.807) is 0 Å². The van der Waals surface area contributed by atoms with Crippen LogP contribution in [0.25, 0.3) is 5.65 Å². The molecule has 0 radical (unpaired) electrons. The number of rotatable bonds is 0. The molecular formula is C10H11N3. The van der Waals surface area contributed by atoms with Crippen molar-refractivity contribution < 1.29 is 0 Å². The Morgan fingerprint density at radius 3 is 3.38 bits per heavy atom. The van der Waals surface area contributed by atoms with Gasteiger partial charge < -0.3 is 9.72 Å². The van der Waals surface area contributed by atoms with Crippen LogP contribution >= 0.6 is 0 Å². The van der Waals surface area contributed by atoms with E-state index in [1.807, 2.05) is 6.07 Å². The molecule has 0 aromatic carbocycles. The summed E-state index contributed by atoms with van der Waals surface area (Å²) in [4.78, 5) is 4.55. The van der Waals surface area contributed by atoms with Crippen LogP contribution in [-0.4, -0.2) is 15.9 Å². The van der Waals surface area contributed by atoms with Crippen LogP contribution in [0.4, 0.5) is 0 Å². The maximum atomic E-state index is 4.55. The molecule has 0 amide bonds. The SMILES string of the molecule is c1ccn2c3c(nc2c1)CNCC3. The Morgan fingerprint density at radius 2 is 2.38 bits per heavy atom. The van der Waals surface area contributed by atoms with E-state index in [0.717, 1.165) is 25.2 Å². The summed E-state index contributed by atoms with van der Waals surface area (Å²) >= 11 is 0. The van der Waals surface area contributed by atoms with E-state index in [9.17, 15) is 0 Å². The van der Waals surface area contributed by atoms with Crippen molar-refractivity contribution in [2.24, 2.45) is 0 Å². The number of pyridine rings is 1. The molecule has 1 N–H and O–H groups in total. The molecule has 0 aliphatic carbocycles. The van der Waals surface area contributed by atoms with E-state index in [4.69, 9.17) is 0 Å².